The molecular weight excluding hydrogens is 286 g/mol. The maximum atomic E-state index is 11.9. The van der Waals surface area contributed by atoms with Crippen LogP contribution in [-0.4, -0.2) is 11.7 Å². The van der Waals surface area contributed by atoms with Crippen LogP contribution in [0.4, 0.5) is 0 Å². The molecule has 0 fully saturated rings. The van der Waals surface area contributed by atoms with Crippen molar-refractivity contribution in [2.75, 3.05) is 0 Å². The maximum Gasteiger partial charge on any atom is 0.220 e. The number of Topliss-reactive ketones (excluding diaryl/α,β-unsaturated/α-hetero) is 1. The molecule has 0 heterocycles. The molecule has 0 aromatic heterocycles. The van der Waals surface area contributed by atoms with Gasteiger partial charge in [0.1, 0.15) is 0 Å². The molecule has 0 bridgehead atoms. The SMILES string of the molecule is O=C(CCC(=O)c1ccccc1)NCc1ccc(Cl)cc1. The number of ketones is 1. The lowest BCUT2D eigenvalue weighted by atomic mass is 10.1. The highest BCUT2D eigenvalue weighted by atomic mass is 35.5. The smallest absolute Gasteiger partial charge is 0.220 e. The number of hydrogen-bond acceptors (Lipinski definition) is 2. The van der Waals surface area contributed by atoms with Crippen molar-refractivity contribution in [3.63, 3.8) is 0 Å². The molecule has 0 aliphatic rings. The Labute approximate surface area is 128 Å². The highest BCUT2D eigenvalue weighted by Crippen LogP contribution is 2.09. The Morgan fingerprint density at radius 1 is 0.905 bits per heavy atom. The number of halogens is 1. The second-order valence-corrected chi connectivity index (χ2v) is 5.13. The van der Waals surface area contributed by atoms with Gasteiger partial charge in [-0.15, -0.1) is 0 Å². The molecule has 2 aromatic carbocycles. The number of hydrogen-bond donors (Lipinski definition) is 1. The Morgan fingerprint density at radius 3 is 2.24 bits per heavy atom. The third-order valence-electron chi connectivity index (χ3n) is 3.08. The van der Waals surface area contributed by atoms with Crippen molar-refractivity contribution in [3.05, 3.63) is 70.7 Å². The third-order valence-corrected chi connectivity index (χ3v) is 3.33. The molecule has 2 rings (SSSR count). The summed E-state index contributed by atoms with van der Waals surface area (Å²) in [6.45, 7) is 0.440. The summed E-state index contributed by atoms with van der Waals surface area (Å²) in [6, 6.07) is 16.3. The highest BCUT2D eigenvalue weighted by molar-refractivity contribution is 6.30. The van der Waals surface area contributed by atoms with Gasteiger partial charge in [-0.25, -0.2) is 0 Å². The Morgan fingerprint density at radius 2 is 1.57 bits per heavy atom. The van der Waals surface area contributed by atoms with Crippen LogP contribution in [0.5, 0.6) is 0 Å². The summed E-state index contributed by atoms with van der Waals surface area (Å²) in [4.78, 5) is 23.6. The first kappa shape index (κ1) is 15.3. The van der Waals surface area contributed by atoms with E-state index in [1.54, 1.807) is 24.3 Å². The van der Waals surface area contributed by atoms with Crippen LogP contribution in [0.3, 0.4) is 0 Å². The first-order valence-corrected chi connectivity index (χ1v) is 7.12. The predicted octanol–water partition coefficient (Wildman–Crippen LogP) is 3.62. The van der Waals surface area contributed by atoms with Crippen LogP contribution in [0.15, 0.2) is 54.6 Å². The zero-order chi connectivity index (χ0) is 15.1. The van der Waals surface area contributed by atoms with E-state index in [1.165, 1.54) is 0 Å². The molecule has 1 amide bonds. The van der Waals surface area contributed by atoms with Gasteiger partial charge in [0.15, 0.2) is 5.78 Å². The molecule has 0 radical (unpaired) electrons. The summed E-state index contributed by atoms with van der Waals surface area (Å²) in [6.07, 6.45) is 0.414. The van der Waals surface area contributed by atoms with Gasteiger partial charge < -0.3 is 5.32 Å². The van der Waals surface area contributed by atoms with E-state index >= 15 is 0 Å². The summed E-state index contributed by atoms with van der Waals surface area (Å²) in [5.74, 6) is -0.147. The quantitative estimate of drug-likeness (QED) is 0.828. The molecule has 0 atom stereocenters. The topological polar surface area (TPSA) is 46.2 Å². The van der Waals surface area contributed by atoms with Gasteiger partial charge in [-0.1, -0.05) is 54.1 Å². The number of benzene rings is 2. The second-order valence-electron chi connectivity index (χ2n) is 4.69. The largest absolute Gasteiger partial charge is 0.352 e. The maximum absolute atomic E-state index is 11.9. The number of carbonyl (C=O) groups is 2. The second kappa shape index (κ2) is 7.60. The summed E-state index contributed by atoms with van der Waals surface area (Å²) >= 11 is 5.79. The van der Waals surface area contributed by atoms with Crippen LogP contribution in [-0.2, 0) is 11.3 Å². The van der Waals surface area contributed by atoms with Gasteiger partial charge in [-0.3, -0.25) is 9.59 Å². The molecule has 3 nitrogen and oxygen atoms in total. The zero-order valence-electron chi connectivity index (χ0n) is 11.5. The van der Waals surface area contributed by atoms with Crippen molar-refractivity contribution >= 4 is 23.3 Å². The average molecular weight is 302 g/mol. The fraction of sp³-hybridized carbons (Fsp3) is 0.176. The average Bonchev–Trinajstić information content (AvgIpc) is 2.53. The molecule has 4 heteroatoms. The van der Waals surface area contributed by atoms with Crippen molar-refractivity contribution in [3.8, 4) is 0 Å². The van der Waals surface area contributed by atoms with Crippen LogP contribution in [0, 0.1) is 0 Å². The van der Waals surface area contributed by atoms with Crippen LogP contribution < -0.4 is 5.32 Å². The molecule has 0 saturated carbocycles. The summed E-state index contributed by atoms with van der Waals surface area (Å²) in [5.41, 5.74) is 1.62. The van der Waals surface area contributed by atoms with E-state index in [2.05, 4.69) is 5.32 Å². The Hall–Kier alpha value is -2.13. The molecule has 1 N–H and O–H groups in total. The van der Waals surface area contributed by atoms with E-state index < -0.39 is 0 Å². The fourth-order valence-electron chi connectivity index (χ4n) is 1.89. The number of rotatable bonds is 6. The molecule has 0 saturated heterocycles. The van der Waals surface area contributed by atoms with Crippen LogP contribution in [0.25, 0.3) is 0 Å². The normalized spacial score (nSPS) is 10.1. The molecule has 21 heavy (non-hydrogen) atoms. The van der Waals surface area contributed by atoms with Crippen LogP contribution >= 0.6 is 11.6 Å². The minimum absolute atomic E-state index is 0.0164. The van der Waals surface area contributed by atoms with Crippen molar-refractivity contribution < 1.29 is 9.59 Å². The van der Waals surface area contributed by atoms with E-state index in [0.29, 0.717) is 17.1 Å². The van der Waals surface area contributed by atoms with Crippen molar-refractivity contribution in [1.82, 2.24) is 5.32 Å². The fourth-order valence-corrected chi connectivity index (χ4v) is 2.01. The first-order valence-electron chi connectivity index (χ1n) is 6.74. The van der Waals surface area contributed by atoms with Gasteiger partial charge >= 0.3 is 0 Å². The lowest BCUT2D eigenvalue weighted by Gasteiger charge is -2.05. The monoisotopic (exact) mass is 301 g/mol. The lowest BCUT2D eigenvalue weighted by molar-refractivity contribution is -0.121. The van der Waals surface area contributed by atoms with Crippen LogP contribution in [0.1, 0.15) is 28.8 Å². The van der Waals surface area contributed by atoms with Gasteiger partial charge in [-0.2, -0.15) is 0 Å². The van der Waals surface area contributed by atoms with Gasteiger partial charge in [0.25, 0.3) is 0 Å². The first-order chi connectivity index (χ1) is 10.1. The van der Waals surface area contributed by atoms with Crippen molar-refractivity contribution in [2.24, 2.45) is 0 Å². The Balaban J connectivity index is 1.75. The Bertz CT molecular complexity index is 608. The van der Waals surface area contributed by atoms with Crippen LogP contribution in [0.2, 0.25) is 5.02 Å². The van der Waals surface area contributed by atoms with Crippen molar-refractivity contribution in [1.29, 1.82) is 0 Å². The standard InChI is InChI=1S/C17H16ClNO2/c18-15-8-6-13(7-9-15)12-19-17(21)11-10-16(20)14-4-2-1-3-5-14/h1-9H,10-12H2,(H,19,21). The van der Waals surface area contributed by atoms with E-state index in [1.807, 2.05) is 30.3 Å². The lowest BCUT2D eigenvalue weighted by Crippen LogP contribution is -2.23. The summed E-state index contributed by atoms with van der Waals surface area (Å²) in [5, 5.41) is 3.46. The van der Waals surface area contributed by atoms with E-state index in [4.69, 9.17) is 11.6 Å². The molecule has 0 unspecified atom stereocenters. The van der Waals surface area contributed by atoms with Gasteiger partial charge in [0, 0.05) is 30.0 Å². The highest BCUT2D eigenvalue weighted by Gasteiger charge is 2.08. The number of amides is 1. The van der Waals surface area contributed by atoms with Gasteiger partial charge in [-0.05, 0) is 17.7 Å². The molecule has 0 aliphatic heterocycles. The minimum atomic E-state index is -0.130. The molecule has 2 aromatic rings. The van der Waals surface area contributed by atoms with E-state index in [0.717, 1.165) is 5.56 Å². The van der Waals surface area contributed by atoms with Crippen molar-refractivity contribution in [2.45, 2.75) is 19.4 Å². The molecule has 108 valence electrons. The zero-order valence-corrected chi connectivity index (χ0v) is 12.3. The molecular formula is C17H16ClNO2. The minimum Gasteiger partial charge on any atom is -0.352 e. The van der Waals surface area contributed by atoms with Gasteiger partial charge in [0.05, 0.1) is 0 Å². The summed E-state index contributed by atoms with van der Waals surface area (Å²) in [7, 11) is 0. The predicted molar refractivity (Wildman–Crippen MR) is 83.3 cm³/mol. The van der Waals surface area contributed by atoms with E-state index in [-0.39, 0.29) is 24.5 Å². The summed E-state index contributed by atoms with van der Waals surface area (Å²) < 4.78 is 0. The van der Waals surface area contributed by atoms with E-state index in [9.17, 15) is 9.59 Å². The molecule has 0 aliphatic carbocycles. The third kappa shape index (κ3) is 5.04. The number of nitrogens with one attached hydrogen (secondary N) is 1. The molecule has 0 spiro atoms. The Kier molecular flexibility index (Phi) is 5.52. The van der Waals surface area contributed by atoms with Gasteiger partial charge in [0.2, 0.25) is 5.91 Å². The number of carbonyl (C=O) groups excluding carboxylic acids is 2.